The molecule has 4 rings (SSSR count). The van der Waals surface area contributed by atoms with Gasteiger partial charge in [-0.2, -0.15) is 0 Å². The fourth-order valence-electron chi connectivity index (χ4n) is 4.10. The lowest BCUT2D eigenvalue weighted by molar-refractivity contribution is -0.132. The van der Waals surface area contributed by atoms with E-state index in [4.69, 9.17) is 0 Å². The number of carbonyl (C=O) groups is 1. The Morgan fingerprint density at radius 3 is 2.62 bits per heavy atom. The van der Waals surface area contributed by atoms with Gasteiger partial charge in [0.15, 0.2) is 0 Å². The van der Waals surface area contributed by atoms with Crippen LogP contribution in [0.5, 0.6) is 0 Å². The Labute approximate surface area is 171 Å². The minimum atomic E-state index is -0.234. The van der Waals surface area contributed by atoms with Gasteiger partial charge in [-0.3, -0.25) is 4.79 Å². The Balaban J connectivity index is 1.50. The number of benzene rings is 2. The van der Waals surface area contributed by atoms with Crippen molar-refractivity contribution >= 4 is 5.91 Å². The van der Waals surface area contributed by atoms with Gasteiger partial charge in [-0.25, -0.2) is 9.37 Å². The third-order valence-electron chi connectivity index (χ3n) is 5.68. The molecular formula is C24H26FN3O. The highest BCUT2D eigenvalue weighted by Crippen LogP contribution is 2.32. The minimum Gasteiger partial charge on any atom is -0.332 e. The maximum atomic E-state index is 13.2. The average molecular weight is 391 g/mol. The van der Waals surface area contributed by atoms with Crippen molar-refractivity contribution in [3.05, 3.63) is 89.3 Å². The number of aryl methyl sites for hydroxylation is 2. The Bertz CT molecular complexity index is 966. The Morgan fingerprint density at radius 2 is 1.86 bits per heavy atom. The molecule has 3 aromatic rings. The predicted molar refractivity (Wildman–Crippen MR) is 111 cm³/mol. The second-order valence-corrected chi connectivity index (χ2v) is 7.70. The SMILES string of the molecule is Cc1cnc(C2CCCN2C(=O)CCc2ccccc2)n1Cc1ccc(F)cc1. The molecule has 1 atom stereocenters. The van der Waals surface area contributed by atoms with Gasteiger partial charge in [0.05, 0.1) is 6.04 Å². The normalized spacial score (nSPS) is 16.3. The van der Waals surface area contributed by atoms with Crippen LogP contribution in [-0.2, 0) is 17.8 Å². The van der Waals surface area contributed by atoms with Crippen LogP contribution in [0.4, 0.5) is 4.39 Å². The van der Waals surface area contributed by atoms with Crippen molar-refractivity contribution in [3.63, 3.8) is 0 Å². The molecule has 150 valence electrons. The topological polar surface area (TPSA) is 38.1 Å². The van der Waals surface area contributed by atoms with Gasteiger partial charge in [0.25, 0.3) is 0 Å². The maximum Gasteiger partial charge on any atom is 0.223 e. The highest BCUT2D eigenvalue weighted by Gasteiger charge is 2.33. The molecule has 0 bridgehead atoms. The summed E-state index contributed by atoms with van der Waals surface area (Å²) in [6.45, 7) is 3.43. The Morgan fingerprint density at radius 1 is 1.10 bits per heavy atom. The van der Waals surface area contributed by atoms with E-state index in [0.29, 0.717) is 13.0 Å². The molecular weight excluding hydrogens is 365 g/mol. The molecule has 4 nitrogen and oxygen atoms in total. The van der Waals surface area contributed by atoms with Gasteiger partial charge in [0, 0.05) is 31.4 Å². The van der Waals surface area contributed by atoms with Crippen LogP contribution >= 0.6 is 0 Å². The summed E-state index contributed by atoms with van der Waals surface area (Å²) in [5.74, 6) is 0.880. The molecule has 0 radical (unpaired) electrons. The van der Waals surface area contributed by atoms with E-state index in [1.165, 1.54) is 17.7 Å². The standard InChI is InChI=1S/C24H26FN3O/c1-18-16-26-24(28(18)17-20-9-12-21(25)13-10-20)22-8-5-15-27(22)23(29)14-11-19-6-3-2-4-7-19/h2-4,6-7,9-10,12-13,16,22H,5,8,11,14-15,17H2,1H3. The number of carbonyl (C=O) groups excluding carboxylic acids is 1. The summed E-state index contributed by atoms with van der Waals surface area (Å²) in [6, 6.07) is 16.7. The van der Waals surface area contributed by atoms with E-state index >= 15 is 0 Å². The molecule has 1 aliphatic rings. The van der Waals surface area contributed by atoms with Crippen LogP contribution in [0.1, 0.15) is 47.9 Å². The fraction of sp³-hybridized carbons (Fsp3) is 0.333. The first-order valence-electron chi connectivity index (χ1n) is 10.2. The van der Waals surface area contributed by atoms with Crippen LogP contribution in [-0.4, -0.2) is 26.9 Å². The lowest BCUT2D eigenvalue weighted by Gasteiger charge is -2.25. The van der Waals surface area contributed by atoms with Crippen LogP contribution in [0.25, 0.3) is 0 Å². The van der Waals surface area contributed by atoms with Gasteiger partial charge in [-0.05, 0) is 49.4 Å². The first-order valence-corrected chi connectivity index (χ1v) is 10.2. The second-order valence-electron chi connectivity index (χ2n) is 7.70. The smallest absolute Gasteiger partial charge is 0.223 e. The van der Waals surface area contributed by atoms with Crippen molar-refractivity contribution in [2.24, 2.45) is 0 Å². The number of hydrogen-bond donors (Lipinski definition) is 0. The molecule has 0 N–H and O–H groups in total. The number of likely N-dealkylation sites (tertiary alicyclic amines) is 1. The first-order chi connectivity index (χ1) is 14.1. The summed E-state index contributed by atoms with van der Waals surface area (Å²) in [4.78, 5) is 19.6. The van der Waals surface area contributed by atoms with Gasteiger partial charge in [0.1, 0.15) is 11.6 Å². The fourth-order valence-corrected chi connectivity index (χ4v) is 4.10. The molecule has 0 spiro atoms. The van der Waals surface area contributed by atoms with Crippen molar-refractivity contribution < 1.29 is 9.18 Å². The van der Waals surface area contributed by atoms with E-state index in [9.17, 15) is 9.18 Å². The van der Waals surface area contributed by atoms with Gasteiger partial charge in [0.2, 0.25) is 5.91 Å². The first kappa shape index (κ1) is 19.4. The number of imidazole rings is 1. The number of hydrogen-bond acceptors (Lipinski definition) is 2. The summed E-state index contributed by atoms with van der Waals surface area (Å²) in [5, 5.41) is 0. The molecule has 1 fully saturated rings. The number of nitrogens with zero attached hydrogens (tertiary/aromatic N) is 3. The Kier molecular flexibility index (Phi) is 5.74. The summed E-state index contributed by atoms with van der Waals surface area (Å²) in [5.41, 5.74) is 3.26. The molecule has 1 unspecified atom stereocenters. The lowest BCUT2D eigenvalue weighted by Crippen LogP contribution is -2.32. The van der Waals surface area contributed by atoms with Crippen LogP contribution in [0.15, 0.2) is 60.8 Å². The van der Waals surface area contributed by atoms with Crippen molar-refractivity contribution in [2.75, 3.05) is 6.54 Å². The summed E-state index contributed by atoms with van der Waals surface area (Å²) >= 11 is 0. The zero-order chi connectivity index (χ0) is 20.2. The molecule has 5 heteroatoms. The highest BCUT2D eigenvalue weighted by molar-refractivity contribution is 5.77. The van der Waals surface area contributed by atoms with E-state index in [1.54, 1.807) is 12.1 Å². The van der Waals surface area contributed by atoms with E-state index in [-0.39, 0.29) is 17.8 Å². The van der Waals surface area contributed by atoms with Gasteiger partial charge in [-0.15, -0.1) is 0 Å². The van der Waals surface area contributed by atoms with E-state index < -0.39 is 0 Å². The number of aromatic nitrogens is 2. The summed E-state index contributed by atoms with van der Waals surface area (Å²) in [7, 11) is 0. The van der Waals surface area contributed by atoms with E-state index in [1.807, 2.05) is 36.2 Å². The molecule has 1 saturated heterocycles. The molecule has 1 aromatic heterocycles. The molecule has 29 heavy (non-hydrogen) atoms. The zero-order valence-electron chi connectivity index (χ0n) is 16.7. The quantitative estimate of drug-likeness (QED) is 0.612. The van der Waals surface area contributed by atoms with Crippen molar-refractivity contribution in [1.82, 2.24) is 14.5 Å². The molecule has 0 aliphatic carbocycles. The van der Waals surface area contributed by atoms with Gasteiger partial charge >= 0.3 is 0 Å². The Hall–Kier alpha value is -2.95. The molecule has 1 amide bonds. The number of halogens is 1. The van der Waals surface area contributed by atoms with Crippen LogP contribution in [0.2, 0.25) is 0 Å². The summed E-state index contributed by atoms with van der Waals surface area (Å²) in [6.07, 6.45) is 5.05. The predicted octanol–water partition coefficient (Wildman–Crippen LogP) is 4.68. The highest BCUT2D eigenvalue weighted by atomic mass is 19.1. The van der Waals surface area contributed by atoms with Gasteiger partial charge < -0.3 is 9.47 Å². The van der Waals surface area contributed by atoms with Crippen molar-refractivity contribution in [1.29, 1.82) is 0 Å². The maximum absolute atomic E-state index is 13.2. The van der Waals surface area contributed by atoms with Crippen LogP contribution in [0.3, 0.4) is 0 Å². The van der Waals surface area contributed by atoms with Gasteiger partial charge in [-0.1, -0.05) is 42.5 Å². The minimum absolute atomic E-state index is 0.00687. The number of rotatable bonds is 6. The van der Waals surface area contributed by atoms with Crippen molar-refractivity contribution in [2.45, 2.75) is 45.2 Å². The van der Waals surface area contributed by atoms with E-state index in [0.717, 1.165) is 42.9 Å². The zero-order valence-corrected chi connectivity index (χ0v) is 16.7. The van der Waals surface area contributed by atoms with Crippen LogP contribution in [0, 0.1) is 12.7 Å². The van der Waals surface area contributed by atoms with Crippen molar-refractivity contribution in [3.8, 4) is 0 Å². The molecule has 2 aromatic carbocycles. The molecule has 0 saturated carbocycles. The lowest BCUT2D eigenvalue weighted by atomic mass is 10.1. The molecule has 2 heterocycles. The monoisotopic (exact) mass is 391 g/mol. The average Bonchev–Trinajstić information content (AvgIpc) is 3.36. The molecule has 1 aliphatic heterocycles. The number of amides is 1. The third kappa shape index (κ3) is 4.39. The summed E-state index contributed by atoms with van der Waals surface area (Å²) < 4.78 is 15.4. The van der Waals surface area contributed by atoms with Crippen LogP contribution < -0.4 is 0 Å². The largest absolute Gasteiger partial charge is 0.332 e. The third-order valence-corrected chi connectivity index (χ3v) is 5.68. The second kappa shape index (κ2) is 8.60. The van der Waals surface area contributed by atoms with E-state index in [2.05, 4.69) is 21.7 Å².